The van der Waals surface area contributed by atoms with Gasteiger partial charge in [-0.3, -0.25) is 5.43 Å². The highest BCUT2D eigenvalue weighted by molar-refractivity contribution is 6.32. The summed E-state index contributed by atoms with van der Waals surface area (Å²) >= 11 is 5.71. The van der Waals surface area contributed by atoms with Gasteiger partial charge in [-0.1, -0.05) is 23.7 Å². The number of nitrogens with zero attached hydrogens (tertiary/aromatic N) is 2. The van der Waals surface area contributed by atoms with Crippen molar-refractivity contribution in [2.45, 2.75) is 6.18 Å². The van der Waals surface area contributed by atoms with Gasteiger partial charge in [0.1, 0.15) is 0 Å². The molecule has 23 heavy (non-hydrogen) atoms. The molecule has 0 saturated carbocycles. The Morgan fingerprint density at radius 1 is 1.30 bits per heavy atom. The van der Waals surface area contributed by atoms with E-state index < -0.39 is 17.7 Å². The molecule has 1 heterocycles. The van der Waals surface area contributed by atoms with Crippen molar-refractivity contribution in [2.75, 3.05) is 5.43 Å². The number of carboxylic acids is 1. The smallest absolute Gasteiger partial charge is 0.417 e. The second kappa shape index (κ2) is 6.66. The first kappa shape index (κ1) is 16.8. The number of alkyl halides is 3. The van der Waals surface area contributed by atoms with Crippen molar-refractivity contribution in [1.29, 1.82) is 0 Å². The molecule has 0 unspecified atom stereocenters. The number of pyridine rings is 1. The summed E-state index contributed by atoms with van der Waals surface area (Å²) in [7, 11) is 0. The molecule has 2 rings (SSSR count). The molecule has 1 aromatic heterocycles. The van der Waals surface area contributed by atoms with Gasteiger partial charge in [-0.15, -0.1) is 0 Å². The van der Waals surface area contributed by atoms with E-state index >= 15 is 0 Å². The summed E-state index contributed by atoms with van der Waals surface area (Å²) in [6.07, 6.45) is -2.53. The number of aromatic carboxylic acids is 1. The first-order chi connectivity index (χ1) is 10.8. The van der Waals surface area contributed by atoms with Gasteiger partial charge in [0.05, 0.1) is 22.4 Å². The van der Waals surface area contributed by atoms with Gasteiger partial charge in [-0.25, -0.2) is 9.78 Å². The number of hydrogen-bond donors (Lipinski definition) is 2. The van der Waals surface area contributed by atoms with E-state index in [0.29, 0.717) is 11.8 Å². The highest BCUT2D eigenvalue weighted by Gasteiger charge is 2.31. The minimum absolute atomic E-state index is 0.0296. The molecule has 0 amide bonds. The van der Waals surface area contributed by atoms with Gasteiger partial charge in [-0.2, -0.15) is 18.3 Å². The molecule has 0 saturated heterocycles. The van der Waals surface area contributed by atoms with Gasteiger partial charge in [-0.05, 0) is 23.8 Å². The Bertz CT molecular complexity index is 746. The third-order valence-electron chi connectivity index (χ3n) is 2.71. The average Bonchev–Trinajstić information content (AvgIpc) is 2.48. The van der Waals surface area contributed by atoms with Crippen LogP contribution in [0.3, 0.4) is 0 Å². The molecule has 0 spiro atoms. The van der Waals surface area contributed by atoms with E-state index in [9.17, 15) is 18.0 Å². The zero-order valence-electron chi connectivity index (χ0n) is 11.3. The Morgan fingerprint density at radius 2 is 1.96 bits per heavy atom. The van der Waals surface area contributed by atoms with Crippen LogP contribution in [0.25, 0.3) is 0 Å². The number of carbonyl (C=O) groups is 1. The van der Waals surface area contributed by atoms with Gasteiger partial charge < -0.3 is 5.11 Å². The van der Waals surface area contributed by atoms with E-state index in [0.717, 1.165) is 6.07 Å². The molecule has 0 bridgehead atoms. The number of halogens is 4. The Hall–Kier alpha value is -2.61. The maximum absolute atomic E-state index is 12.5. The Labute approximate surface area is 133 Å². The lowest BCUT2D eigenvalue weighted by atomic mass is 10.1. The standard InChI is InChI=1S/C14H9ClF3N3O2/c15-11-5-10(14(16,17)18)7-19-12(11)21-20-6-8-1-3-9(4-2-8)13(22)23/h1-7H,(H,19,21)(H,22,23)/b20-6-. The zero-order valence-corrected chi connectivity index (χ0v) is 12.1. The maximum Gasteiger partial charge on any atom is 0.417 e. The lowest BCUT2D eigenvalue weighted by Gasteiger charge is -2.08. The van der Waals surface area contributed by atoms with Crippen molar-refractivity contribution < 1.29 is 23.1 Å². The number of aromatic nitrogens is 1. The van der Waals surface area contributed by atoms with Crippen LogP contribution in [0.15, 0.2) is 41.6 Å². The average molecular weight is 344 g/mol. The second-order valence-electron chi connectivity index (χ2n) is 4.35. The van der Waals surface area contributed by atoms with E-state index in [1.165, 1.54) is 30.5 Å². The van der Waals surface area contributed by atoms with Crippen LogP contribution < -0.4 is 5.43 Å². The number of carboxylic acid groups (broad SMARTS) is 1. The Morgan fingerprint density at radius 3 is 2.48 bits per heavy atom. The highest BCUT2D eigenvalue weighted by atomic mass is 35.5. The topological polar surface area (TPSA) is 74.6 Å². The predicted molar refractivity (Wildman–Crippen MR) is 78.9 cm³/mol. The Kier molecular flexibility index (Phi) is 4.85. The SMILES string of the molecule is O=C(O)c1ccc(/C=N\Nc2ncc(C(F)(F)F)cc2Cl)cc1. The molecular formula is C14H9ClF3N3O2. The summed E-state index contributed by atoms with van der Waals surface area (Å²) in [6, 6.07) is 6.58. The third-order valence-corrected chi connectivity index (χ3v) is 3.00. The molecule has 1 aromatic carbocycles. The molecule has 0 radical (unpaired) electrons. The van der Waals surface area contributed by atoms with Gasteiger partial charge in [0.15, 0.2) is 5.82 Å². The van der Waals surface area contributed by atoms with Crippen molar-refractivity contribution in [3.63, 3.8) is 0 Å². The molecule has 2 aromatic rings. The van der Waals surface area contributed by atoms with E-state index in [-0.39, 0.29) is 16.4 Å². The molecule has 120 valence electrons. The normalized spacial score (nSPS) is 11.7. The molecular weight excluding hydrogens is 335 g/mol. The number of benzene rings is 1. The lowest BCUT2D eigenvalue weighted by Crippen LogP contribution is -2.06. The van der Waals surface area contributed by atoms with Gasteiger partial charge >= 0.3 is 12.1 Å². The van der Waals surface area contributed by atoms with Crippen LogP contribution in [0, 0.1) is 0 Å². The molecule has 0 aliphatic carbocycles. The van der Waals surface area contributed by atoms with E-state index in [4.69, 9.17) is 16.7 Å². The highest BCUT2D eigenvalue weighted by Crippen LogP contribution is 2.32. The van der Waals surface area contributed by atoms with E-state index in [1.54, 1.807) is 0 Å². The molecule has 9 heteroatoms. The van der Waals surface area contributed by atoms with Crippen LogP contribution in [0.1, 0.15) is 21.5 Å². The van der Waals surface area contributed by atoms with Crippen LogP contribution in [0.5, 0.6) is 0 Å². The summed E-state index contributed by atoms with van der Waals surface area (Å²) in [5.41, 5.74) is 2.18. The van der Waals surface area contributed by atoms with E-state index in [2.05, 4.69) is 15.5 Å². The molecule has 0 atom stereocenters. The summed E-state index contributed by atoms with van der Waals surface area (Å²) < 4.78 is 37.4. The molecule has 0 aliphatic rings. The van der Waals surface area contributed by atoms with Crippen LogP contribution in [0.4, 0.5) is 19.0 Å². The van der Waals surface area contributed by atoms with Crippen molar-refractivity contribution in [3.05, 3.63) is 58.2 Å². The third kappa shape index (κ3) is 4.43. The summed E-state index contributed by atoms with van der Waals surface area (Å²) in [5.74, 6) is -1.08. The monoisotopic (exact) mass is 343 g/mol. The maximum atomic E-state index is 12.5. The van der Waals surface area contributed by atoms with Gasteiger partial charge in [0, 0.05) is 6.20 Å². The molecule has 0 fully saturated rings. The van der Waals surface area contributed by atoms with Gasteiger partial charge in [0.25, 0.3) is 0 Å². The molecule has 2 N–H and O–H groups in total. The van der Waals surface area contributed by atoms with Crippen LogP contribution in [-0.2, 0) is 6.18 Å². The lowest BCUT2D eigenvalue weighted by molar-refractivity contribution is -0.137. The second-order valence-corrected chi connectivity index (χ2v) is 4.76. The van der Waals surface area contributed by atoms with Crippen molar-refractivity contribution >= 4 is 29.6 Å². The quantitative estimate of drug-likeness (QED) is 0.652. The van der Waals surface area contributed by atoms with E-state index in [1.807, 2.05) is 0 Å². The number of anilines is 1. The zero-order chi connectivity index (χ0) is 17.0. The summed E-state index contributed by atoms with van der Waals surface area (Å²) in [6.45, 7) is 0. The number of nitrogens with one attached hydrogen (secondary N) is 1. The van der Waals surface area contributed by atoms with Crippen molar-refractivity contribution in [1.82, 2.24) is 4.98 Å². The fraction of sp³-hybridized carbons (Fsp3) is 0.0714. The van der Waals surface area contributed by atoms with Crippen molar-refractivity contribution in [2.24, 2.45) is 5.10 Å². The number of hydrazone groups is 1. The van der Waals surface area contributed by atoms with Crippen LogP contribution >= 0.6 is 11.6 Å². The minimum Gasteiger partial charge on any atom is -0.478 e. The first-order valence-corrected chi connectivity index (χ1v) is 6.50. The predicted octanol–water partition coefficient (Wildman–Crippen LogP) is 3.90. The van der Waals surface area contributed by atoms with Crippen LogP contribution in [-0.4, -0.2) is 22.3 Å². The number of rotatable bonds is 4. The fourth-order valence-corrected chi connectivity index (χ4v) is 1.76. The largest absolute Gasteiger partial charge is 0.478 e. The Balaban J connectivity index is 2.07. The molecule has 0 aliphatic heterocycles. The summed E-state index contributed by atoms with van der Waals surface area (Å²) in [4.78, 5) is 14.3. The first-order valence-electron chi connectivity index (χ1n) is 6.12. The van der Waals surface area contributed by atoms with Crippen LogP contribution in [0.2, 0.25) is 5.02 Å². The summed E-state index contributed by atoms with van der Waals surface area (Å²) in [5, 5.41) is 12.3. The van der Waals surface area contributed by atoms with Gasteiger partial charge in [0.2, 0.25) is 0 Å². The number of hydrogen-bond acceptors (Lipinski definition) is 4. The minimum atomic E-state index is -4.52. The fourth-order valence-electron chi connectivity index (χ4n) is 1.55. The molecule has 5 nitrogen and oxygen atoms in total. The van der Waals surface area contributed by atoms with Crippen molar-refractivity contribution in [3.8, 4) is 0 Å².